The number of carboxylic acids is 1. The highest BCUT2D eigenvalue weighted by Crippen LogP contribution is 2.29. The second-order valence-corrected chi connectivity index (χ2v) is 5.85. The van der Waals surface area contributed by atoms with E-state index in [1.54, 1.807) is 6.07 Å². The molecule has 0 saturated carbocycles. The number of hydrogen-bond acceptors (Lipinski definition) is 4. The third kappa shape index (κ3) is 4.75. The zero-order valence-electron chi connectivity index (χ0n) is 14.2. The number of nitrogens with one attached hydrogen (secondary N) is 1. The number of rotatable bonds is 6. The quantitative estimate of drug-likeness (QED) is 0.670. The zero-order chi connectivity index (χ0) is 20.3. The van der Waals surface area contributed by atoms with Gasteiger partial charge in [0.2, 0.25) is 5.91 Å². The summed E-state index contributed by atoms with van der Waals surface area (Å²) in [5.74, 6) is -1.47. The second kappa shape index (κ2) is 7.55. The normalized spacial score (nSPS) is 11.4. The van der Waals surface area contributed by atoms with E-state index in [0.717, 1.165) is 12.1 Å². The highest BCUT2D eigenvalue weighted by atomic mass is 19.4. The van der Waals surface area contributed by atoms with Gasteiger partial charge in [-0.3, -0.25) is 14.2 Å². The molecule has 8 nitrogen and oxygen atoms in total. The van der Waals surface area contributed by atoms with Crippen molar-refractivity contribution in [3.63, 3.8) is 0 Å². The first-order chi connectivity index (χ1) is 13.2. The number of carbonyl (C=O) groups is 2. The molecule has 0 aliphatic rings. The number of aromatic carboxylic acids is 1. The predicted octanol–water partition coefficient (Wildman–Crippen LogP) is 2.48. The molecule has 0 atom stereocenters. The van der Waals surface area contributed by atoms with E-state index in [-0.39, 0.29) is 24.6 Å². The average molecular weight is 393 g/mol. The van der Waals surface area contributed by atoms with Crippen molar-refractivity contribution in [3.05, 3.63) is 65.6 Å². The maximum Gasteiger partial charge on any atom is 0.416 e. The van der Waals surface area contributed by atoms with Crippen LogP contribution in [0.2, 0.25) is 0 Å². The smallest absolute Gasteiger partial charge is 0.416 e. The first-order valence-corrected chi connectivity index (χ1v) is 7.97. The molecular weight excluding hydrogens is 379 g/mol. The summed E-state index contributed by atoms with van der Waals surface area (Å²) in [6.45, 7) is -0.116. The number of amides is 1. The van der Waals surface area contributed by atoms with Gasteiger partial charge in [-0.1, -0.05) is 12.1 Å². The van der Waals surface area contributed by atoms with Gasteiger partial charge in [0.15, 0.2) is 11.5 Å². The molecule has 3 aromatic rings. The molecule has 0 fully saturated rings. The second-order valence-electron chi connectivity index (χ2n) is 5.85. The Bertz CT molecular complexity index is 1010. The summed E-state index contributed by atoms with van der Waals surface area (Å²) in [4.78, 5) is 22.8. The number of anilines is 1. The van der Waals surface area contributed by atoms with E-state index in [1.165, 1.54) is 40.0 Å². The lowest BCUT2D eigenvalue weighted by atomic mass is 10.1. The van der Waals surface area contributed by atoms with Crippen LogP contribution in [-0.2, 0) is 24.1 Å². The van der Waals surface area contributed by atoms with Crippen molar-refractivity contribution in [2.75, 3.05) is 5.32 Å². The maximum absolute atomic E-state index is 12.8. The third-order valence-electron chi connectivity index (χ3n) is 3.67. The Morgan fingerprint density at radius 1 is 1.07 bits per heavy atom. The van der Waals surface area contributed by atoms with Crippen molar-refractivity contribution in [2.45, 2.75) is 19.3 Å². The fraction of sp³-hybridized carbons (Fsp3) is 0.176. The molecule has 1 amide bonds. The molecule has 0 aliphatic carbocycles. The molecule has 2 N–H and O–H groups in total. The van der Waals surface area contributed by atoms with Crippen LogP contribution >= 0.6 is 0 Å². The molecule has 1 aromatic carbocycles. The molecule has 146 valence electrons. The molecule has 0 spiro atoms. The van der Waals surface area contributed by atoms with Crippen LogP contribution in [0.15, 0.2) is 48.8 Å². The Balaban J connectivity index is 1.61. The van der Waals surface area contributed by atoms with Crippen molar-refractivity contribution in [3.8, 4) is 0 Å². The Morgan fingerprint density at radius 2 is 1.82 bits per heavy atom. The lowest BCUT2D eigenvalue weighted by Gasteiger charge is -2.08. The van der Waals surface area contributed by atoms with Gasteiger partial charge in [0, 0.05) is 18.5 Å². The SMILES string of the molecule is O=C(Cn1ccc(C(=O)O)n1)Nc1ccn(Cc2cccc(C(F)(F)F)c2)n1. The molecule has 2 heterocycles. The lowest BCUT2D eigenvalue weighted by molar-refractivity contribution is -0.137. The van der Waals surface area contributed by atoms with E-state index in [1.807, 2.05) is 0 Å². The van der Waals surface area contributed by atoms with E-state index in [9.17, 15) is 22.8 Å². The molecular formula is C17H14F3N5O3. The van der Waals surface area contributed by atoms with Gasteiger partial charge in [-0.2, -0.15) is 23.4 Å². The molecule has 0 radical (unpaired) electrons. The van der Waals surface area contributed by atoms with Crippen molar-refractivity contribution in [1.29, 1.82) is 0 Å². The number of alkyl halides is 3. The first kappa shape index (κ1) is 19.1. The molecule has 3 rings (SSSR count). The summed E-state index contributed by atoms with van der Waals surface area (Å²) < 4.78 is 40.9. The Hall–Kier alpha value is -3.63. The van der Waals surface area contributed by atoms with Crippen LogP contribution in [0.3, 0.4) is 0 Å². The molecule has 0 aliphatic heterocycles. The topological polar surface area (TPSA) is 102 Å². The molecule has 2 aromatic heterocycles. The minimum absolute atomic E-state index is 0.0981. The summed E-state index contributed by atoms with van der Waals surface area (Å²) in [5, 5.41) is 19.1. The van der Waals surface area contributed by atoms with Gasteiger partial charge in [0.1, 0.15) is 6.54 Å². The van der Waals surface area contributed by atoms with Gasteiger partial charge < -0.3 is 10.4 Å². The largest absolute Gasteiger partial charge is 0.476 e. The van der Waals surface area contributed by atoms with Crippen molar-refractivity contribution >= 4 is 17.7 Å². The third-order valence-corrected chi connectivity index (χ3v) is 3.67. The van der Waals surface area contributed by atoms with Crippen LogP contribution in [-0.4, -0.2) is 36.5 Å². The molecule has 0 unspecified atom stereocenters. The van der Waals surface area contributed by atoms with Crippen molar-refractivity contribution < 1.29 is 27.9 Å². The molecule has 0 saturated heterocycles. The Labute approximate surface area is 156 Å². The summed E-state index contributed by atoms with van der Waals surface area (Å²) >= 11 is 0. The monoisotopic (exact) mass is 393 g/mol. The Kier molecular flexibility index (Phi) is 5.16. The van der Waals surface area contributed by atoms with E-state index in [4.69, 9.17) is 5.11 Å². The molecule has 0 bridgehead atoms. The van der Waals surface area contributed by atoms with Gasteiger partial charge in [0.05, 0.1) is 12.1 Å². The van der Waals surface area contributed by atoms with Crippen LogP contribution in [0.1, 0.15) is 21.6 Å². The fourth-order valence-electron chi connectivity index (χ4n) is 2.44. The number of hydrogen-bond donors (Lipinski definition) is 2. The van der Waals surface area contributed by atoms with Crippen LogP contribution in [0.5, 0.6) is 0 Å². The number of aromatic nitrogens is 4. The van der Waals surface area contributed by atoms with Crippen LogP contribution < -0.4 is 5.32 Å². The number of benzene rings is 1. The average Bonchev–Trinajstić information content (AvgIpc) is 3.24. The summed E-state index contributed by atoms with van der Waals surface area (Å²) in [7, 11) is 0. The van der Waals surface area contributed by atoms with Gasteiger partial charge in [-0.25, -0.2) is 4.79 Å². The van der Waals surface area contributed by atoms with E-state index in [0.29, 0.717) is 5.56 Å². The standard InChI is InChI=1S/C17H14F3N5O3/c18-17(19,20)12-3-1-2-11(8-12)9-24-7-5-14(23-24)21-15(26)10-25-6-4-13(22-25)16(27)28/h1-8H,9-10H2,(H,27,28)(H,21,23,26). The summed E-state index contributed by atoms with van der Waals surface area (Å²) in [6.07, 6.45) is -1.55. The fourth-order valence-corrected chi connectivity index (χ4v) is 2.44. The highest BCUT2D eigenvalue weighted by molar-refractivity contribution is 5.89. The van der Waals surface area contributed by atoms with E-state index < -0.39 is 23.6 Å². The van der Waals surface area contributed by atoms with Crippen molar-refractivity contribution in [2.24, 2.45) is 0 Å². The maximum atomic E-state index is 12.8. The van der Waals surface area contributed by atoms with Gasteiger partial charge in [-0.05, 0) is 23.8 Å². The van der Waals surface area contributed by atoms with Gasteiger partial charge >= 0.3 is 12.1 Å². The minimum atomic E-state index is -4.42. The van der Waals surface area contributed by atoms with Gasteiger partial charge in [-0.15, -0.1) is 0 Å². The Morgan fingerprint density at radius 3 is 2.50 bits per heavy atom. The molecule has 11 heteroatoms. The van der Waals surface area contributed by atoms with Crippen LogP contribution in [0.25, 0.3) is 0 Å². The number of nitrogens with zero attached hydrogens (tertiary/aromatic N) is 4. The predicted molar refractivity (Wildman–Crippen MR) is 90.6 cm³/mol. The van der Waals surface area contributed by atoms with E-state index >= 15 is 0 Å². The van der Waals surface area contributed by atoms with E-state index in [2.05, 4.69) is 15.5 Å². The summed E-state index contributed by atoms with van der Waals surface area (Å²) in [6, 6.07) is 7.66. The number of carbonyl (C=O) groups excluding carboxylic acids is 1. The lowest BCUT2D eigenvalue weighted by Crippen LogP contribution is -2.20. The minimum Gasteiger partial charge on any atom is -0.476 e. The number of carboxylic acid groups (broad SMARTS) is 1. The first-order valence-electron chi connectivity index (χ1n) is 7.97. The summed E-state index contributed by atoms with van der Waals surface area (Å²) in [5.41, 5.74) is -0.516. The number of halogens is 3. The zero-order valence-corrected chi connectivity index (χ0v) is 14.2. The molecule has 28 heavy (non-hydrogen) atoms. The van der Waals surface area contributed by atoms with Gasteiger partial charge in [0.25, 0.3) is 0 Å². The van der Waals surface area contributed by atoms with Crippen LogP contribution in [0, 0.1) is 0 Å². The van der Waals surface area contributed by atoms with Crippen molar-refractivity contribution in [1.82, 2.24) is 19.6 Å². The highest BCUT2D eigenvalue weighted by Gasteiger charge is 2.30. The van der Waals surface area contributed by atoms with Crippen LogP contribution in [0.4, 0.5) is 19.0 Å².